The van der Waals surface area contributed by atoms with Gasteiger partial charge in [-0.2, -0.15) is 10.5 Å². The van der Waals surface area contributed by atoms with Gasteiger partial charge in [-0.05, 0) is 30.0 Å². The van der Waals surface area contributed by atoms with Crippen molar-refractivity contribution in [1.29, 1.82) is 10.5 Å². The lowest BCUT2D eigenvalue weighted by atomic mass is 10.1. The average molecular weight is 308 g/mol. The summed E-state index contributed by atoms with van der Waals surface area (Å²) < 4.78 is 0. The molecule has 0 radical (unpaired) electrons. The molecule has 1 amide bonds. The summed E-state index contributed by atoms with van der Waals surface area (Å²) in [4.78, 5) is 13.5. The fourth-order valence-electron chi connectivity index (χ4n) is 2.20. The first-order chi connectivity index (χ1) is 9.58. The average Bonchev–Trinajstić information content (AvgIpc) is 3.21. The normalized spacial score (nSPS) is 19.8. The van der Waals surface area contributed by atoms with Crippen LogP contribution in [-0.2, 0) is 4.79 Å². The molecule has 0 unspecified atom stereocenters. The molecule has 1 aromatic carbocycles. The van der Waals surface area contributed by atoms with Crippen LogP contribution in [-0.4, -0.2) is 23.9 Å². The number of hydrogen-bond acceptors (Lipinski definition) is 3. The van der Waals surface area contributed by atoms with Crippen molar-refractivity contribution in [1.82, 2.24) is 4.90 Å². The Balaban J connectivity index is 2.07. The van der Waals surface area contributed by atoms with Crippen LogP contribution in [0.25, 0.3) is 0 Å². The molecule has 20 heavy (non-hydrogen) atoms. The molecule has 0 bridgehead atoms. The summed E-state index contributed by atoms with van der Waals surface area (Å²) in [5.41, 5.74) is 0.964. The molecule has 0 heterocycles. The number of rotatable bonds is 4. The molecule has 1 fully saturated rings. The van der Waals surface area contributed by atoms with Gasteiger partial charge >= 0.3 is 0 Å². The van der Waals surface area contributed by atoms with Gasteiger partial charge in [-0.25, -0.2) is 0 Å². The molecule has 6 heteroatoms. The minimum Gasteiger partial charge on any atom is -0.316 e. The van der Waals surface area contributed by atoms with E-state index in [4.69, 9.17) is 33.7 Å². The minimum atomic E-state index is -0.172. The third-order valence-electron chi connectivity index (χ3n) is 3.31. The summed E-state index contributed by atoms with van der Waals surface area (Å²) in [5, 5.41) is 18.3. The van der Waals surface area contributed by atoms with Crippen LogP contribution in [0.4, 0.5) is 0 Å². The van der Waals surface area contributed by atoms with E-state index in [0.717, 1.165) is 5.56 Å². The molecule has 2 rings (SSSR count). The smallest absolute Gasteiger partial charge is 0.228 e. The Labute approximate surface area is 127 Å². The van der Waals surface area contributed by atoms with E-state index in [-0.39, 0.29) is 30.8 Å². The molecule has 0 aliphatic heterocycles. The Morgan fingerprint density at radius 2 is 1.90 bits per heavy atom. The number of carbonyl (C=O) groups is 1. The maximum Gasteiger partial charge on any atom is 0.228 e. The van der Waals surface area contributed by atoms with Gasteiger partial charge in [-0.15, -0.1) is 0 Å². The van der Waals surface area contributed by atoms with Crippen LogP contribution in [0.2, 0.25) is 10.0 Å². The van der Waals surface area contributed by atoms with Crippen LogP contribution < -0.4 is 0 Å². The number of carbonyl (C=O) groups excluding carboxylic acids is 1. The second-order valence-electron chi connectivity index (χ2n) is 4.63. The van der Waals surface area contributed by atoms with E-state index in [2.05, 4.69) is 0 Å². The summed E-state index contributed by atoms with van der Waals surface area (Å²) >= 11 is 11.8. The van der Waals surface area contributed by atoms with Gasteiger partial charge in [-0.3, -0.25) is 4.79 Å². The highest BCUT2D eigenvalue weighted by Crippen LogP contribution is 2.49. The van der Waals surface area contributed by atoms with Gasteiger partial charge < -0.3 is 4.90 Å². The number of nitrogens with zero attached hydrogens (tertiary/aromatic N) is 3. The lowest BCUT2D eigenvalue weighted by Crippen LogP contribution is -2.33. The van der Waals surface area contributed by atoms with E-state index in [1.807, 2.05) is 18.2 Å². The molecule has 1 saturated carbocycles. The molecular weight excluding hydrogens is 297 g/mol. The second kappa shape index (κ2) is 6.13. The van der Waals surface area contributed by atoms with Crippen LogP contribution in [0.15, 0.2) is 18.2 Å². The van der Waals surface area contributed by atoms with E-state index in [1.165, 1.54) is 4.90 Å². The van der Waals surface area contributed by atoms with Crippen molar-refractivity contribution in [3.05, 3.63) is 33.8 Å². The van der Waals surface area contributed by atoms with Crippen LogP contribution in [0.3, 0.4) is 0 Å². The Morgan fingerprint density at radius 3 is 2.45 bits per heavy atom. The van der Waals surface area contributed by atoms with E-state index >= 15 is 0 Å². The predicted molar refractivity (Wildman–Crippen MR) is 75.1 cm³/mol. The highest BCUT2D eigenvalue weighted by Gasteiger charge is 2.45. The molecule has 1 aliphatic carbocycles. The largest absolute Gasteiger partial charge is 0.316 e. The number of amides is 1. The maximum absolute atomic E-state index is 12.2. The number of nitriles is 2. The molecule has 1 aliphatic rings. The van der Waals surface area contributed by atoms with Crippen molar-refractivity contribution in [3.8, 4) is 12.1 Å². The predicted octanol–water partition coefficient (Wildman–Crippen LogP) is 2.97. The fourth-order valence-corrected chi connectivity index (χ4v) is 2.50. The topological polar surface area (TPSA) is 67.9 Å². The Morgan fingerprint density at radius 1 is 1.25 bits per heavy atom. The lowest BCUT2D eigenvalue weighted by molar-refractivity contribution is -0.131. The molecule has 102 valence electrons. The monoisotopic (exact) mass is 307 g/mol. The summed E-state index contributed by atoms with van der Waals surface area (Å²) in [6.45, 7) is -0.117. The van der Waals surface area contributed by atoms with Crippen molar-refractivity contribution in [2.24, 2.45) is 5.92 Å². The van der Waals surface area contributed by atoms with Gasteiger partial charge in [0.1, 0.15) is 13.1 Å². The molecule has 0 saturated heterocycles. The zero-order valence-electron chi connectivity index (χ0n) is 10.5. The van der Waals surface area contributed by atoms with E-state index < -0.39 is 0 Å². The molecule has 0 aromatic heterocycles. The number of hydrogen-bond donors (Lipinski definition) is 0. The van der Waals surface area contributed by atoms with E-state index in [0.29, 0.717) is 16.5 Å². The maximum atomic E-state index is 12.2. The highest BCUT2D eigenvalue weighted by molar-refractivity contribution is 6.42. The lowest BCUT2D eigenvalue weighted by Gasteiger charge is -2.15. The van der Waals surface area contributed by atoms with Crippen molar-refractivity contribution < 1.29 is 4.79 Å². The van der Waals surface area contributed by atoms with Crippen molar-refractivity contribution >= 4 is 29.1 Å². The van der Waals surface area contributed by atoms with Crippen LogP contribution in [0.1, 0.15) is 17.9 Å². The summed E-state index contributed by atoms with van der Waals surface area (Å²) in [5.74, 6) is -0.227. The summed E-state index contributed by atoms with van der Waals surface area (Å²) in [6, 6.07) is 9.13. The summed E-state index contributed by atoms with van der Waals surface area (Å²) in [7, 11) is 0. The Hall–Kier alpha value is -1.75. The van der Waals surface area contributed by atoms with Crippen molar-refractivity contribution in [2.75, 3.05) is 13.1 Å². The van der Waals surface area contributed by atoms with Crippen LogP contribution in [0, 0.1) is 28.6 Å². The van der Waals surface area contributed by atoms with Crippen LogP contribution >= 0.6 is 23.2 Å². The van der Waals surface area contributed by atoms with Gasteiger partial charge in [-0.1, -0.05) is 29.3 Å². The number of halogens is 2. The fraction of sp³-hybridized carbons (Fsp3) is 0.357. The van der Waals surface area contributed by atoms with Gasteiger partial charge in [0.25, 0.3) is 0 Å². The molecule has 0 spiro atoms. The van der Waals surface area contributed by atoms with Crippen molar-refractivity contribution in [3.63, 3.8) is 0 Å². The molecule has 2 atom stereocenters. The first-order valence-electron chi connectivity index (χ1n) is 6.06. The Bertz CT molecular complexity index is 602. The van der Waals surface area contributed by atoms with Crippen molar-refractivity contribution in [2.45, 2.75) is 12.3 Å². The van der Waals surface area contributed by atoms with E-state index in [9.17, 15) is 4.79 Å². The third-order valence-corrected chi connectivity index (χ3v) is 4.05. The zero-order chi connectivity index (χ0) is 14.7. The standard InChI is InChI=1S/C14H11Cl2N3O/c15-12-2-1-9(7-13(12)16)10-8-11(10)14(20)19(5-3-17)6-4-18/h1-2,7,10-11H,5-6,8H2/t10-,11+/m0/s1. The quantitative estimate of drug-likeness (QED) is 0.803. The van der Waals surface area contributed by atoms with Gasteiger partial charge in [0.05, 0.1) is 22.2 Å². The first kappa shape index (κ1) is 14.7. The molecular formula is C14H11Cl2N3O. The van der Waals surface area contributed by atoms with Crippen LogP contribution in [0.5, 0.6) is 0 Å². The minimum absolute atomic E-state index is 0.0585. The van der Waals surface area contributed by atoms with Gasteiger partial charge in [0, 0.05) is 5.92 Å². The molecule has 4 nitrogen and oxygen atoms in total. The second-order valence-corrected chi connectivity index (χ2v) is 5.45. The number of benzene rings is 1. The third kappa shape index (κ3) is 3.04. The summed E-state index contributed by atoms with van der Waals surface area (Å²) in [6.07, 6.45) is 0.712. The highest BCUT2D eigenvalue weighted by atomic mass is 35.5. The van der Waals surface area contributed by atoms with Gasteiger partial charge in [0.2, 0.25) is 5.91 Å². The van der Waals surface area contributed by atoms with Gasteiger partial charge in [0.15, 0.2) is 0 Å². The molecule has 1 aromatic rings. The first-order valence-corrected chi connectivity index (χ1v) is 6.81. The Kier molecular flexibility index (Phi) is 4.49. The SMILES string of the molecule is N#CCN(CC#N)C(=O)[C@@H]1C[C@H]1c1ccc(Cl)c(Cl)c1. The molecule has 0 N–H and O–H groups in total. The van der Waals surface area contributed by atoms with E-state index in [1.54, 1.807) is 12.1 Å². The zero-order valence-corrected chi connectivity index (χ0v) is 12.0.